The molecule has 2 aromatic rings. The maximum Gasteiger partial charge on any atom is 0.223 e. The van der Waals surface area contributed by atoms with Crippen molar-refractivity contribution < 1.29 is 0 Å². The van der Waals surface area contributed by atoms with E-state index < -0.39 is 0 Å². The van der Waals surface area contributed by atoms with Crippen molar-refractivity contribution in [2.45, 2.75) is 32.4 Å². The summed E-state index contributed by atoms with van der Waals surface area (Å²) < 4.78 is 3.43. The molecule has 3 rings (SSSR count). The van der Waals surface area contributed by atoms with Crippen molar-refractivity contribution in [3.8, 4) is 11.6 Å². The second kappa shape index (κ2) is 5.00. The summed E-state index contributed by atoms with van der Waals surface area (Å²) in [5, 5.41) is 23.5. The molecule has 102 valence electrons. The van der Waals surface area contributed by atoms with E-state index in [0.717, 1.165) is 19.5 Å². The maximum atomic E-state index is 4.14. The lowest BCUT2D eigenvalue weighted by atomic mass is 10.1. The molecule has 19 heavy (non-hydrogen) atoms. The fourth-order valence-corrected chi connectivity index (χ4v) is 2.58. The Morgan fingerprint density at radius 2 is 1.89 bits per heavy atom. The average Bonchev–Trinajstić information content (AvgIpc) is 3.06. The molecule has 3 heterocycles. The molecule has 1 fully saturated rings. The first-order chi connectivity index (χ1) is 9.31. The molecule has 0 aliphatic carbocycles. The molecule has 0 saturated carbocycles. The number of aryl methyl sites for hydroxylation is 1. The Morgan fingerprint density at radius 1 is 1.11 bits per heavy atom. The predicted molar refractivity (Wildman–Crippen MR) is 65.7 cm³/mol. The molecule has 0 bridgehead atoms. The third-order valence-electron chi connectivity index (χ3n) is 3.58. The van der Waals surface area contributed by atoms with E-state index in [0.29, 0.717) is 11.6 Å². The Labute approximate surface area is 110 Å². The Morgan fingerprint density at radius 3 is 2.63 bits per heavy atom. The summed E-state index contributed by atoms with van der Waals surface area (Å²) in [5.74, 6) is 1.21. The lowest BCUT2D eigenvalue weighted by Gasteiger charge is -2.34. The second-order valence-electron chi connectivity index (χ2n) is 4.68. The number of rotatable bonds is 3. The van der Waals surface area contributed by atoms with Crippen LogP contribution in [-0.4, -0.2) is 58.4 Å². The molecule has 9 heteroatoms. The SMILES string of the molecule is CCN1CCCCC1n1nnnc1-c1nnnn1C. The van der Waals surface area contributed by atoms with Crippen molar-refractivity contribution in [2.24, 2.45) is 7.05 Å². The number of piperidine rings is 1. The molecule has 0 spiro atoms. The topological polar surface area (TPSA) is 90.4 Å². The van der Waals surface area contributed by atoms with Gasteiger partial charge in [0.1, 0.15) is 6.17 Å². The first-order valence-corrected chi connectivity index (χ1v) is 6.56. The average molecular weight is 263 g/mol. The van der Waals surface area contributed by atoms with Crippen LogP contribution in [0.3, 0.4) is 0 Å². The third kappa shape index (κ3) is 2.09. The molecule has 2 aromatic heterocycles. The molecule has 0 amide bonds. The van der Waals surface area contributed by atoms with E-state index in [1.165, 1.54) is 12.8 Å². The van der Waals surface area contributed by atoms with Crippen LogP contribution in [0.15, 0.2) is 0 Å². The molecule has 1 atom stereocenters. The monoisotopic (exact) mass is 263 g/mol. The Balaban J connectivity index is 1.97. The smallest absolute Gasteiger partial charge is 0.223 e. The van der Waals surface area contributed by atoms with Crippen LogP contribution >= 0.6 is 0 Å². The Kier molecular flexibility index (Phi) is 3.20. The number of aromatic nitrogens is 8. The van der Waals surface area contributed by atoms with E-state index in [1.807, 2.05) is 4.68 Å². The maximum absolute atomic E-state index is 4.14. The summed E-state index contributed by atoms with van der Waals surface area (Å²) in [7, 11) is 1.78. The number of nitrogens with zero attached hydrogens (tertiary/aromatic N) is 9. The molecule has 1 unspecified atom stereocenters. The van der Waals surface area contributed by atoms with Crippen molar-refractivity contribution in [3.63, 3.8) is 0 Å². The molecule has 0 N–H and O–H groups in total. The second-order valence-corrected chi connectivity index (χ2v) is 4.68. The Hall–Kier alpha value is -1.90. The van der Waals surface area contributed by atoms with E-state index in [9.17, 15) is 0 Å². The first-order valence-electron chi connectivity index (χ1n) is 6.56. The van der Waals surface area contributed by atoms with Gasteiger partial charge in [-0.3, -0.25) is 4.90 Å². The number of hydrogen-bond donors (Lipinski definition) is 0. The van der Waals surface area contributed by atoms with Crippen molar-refractivity contribution in [1.29, 1.82) is 0 Å². The van der Waals surface area contributed by atoms with Crippen LogP contribution in [0.5, 0.6) is 0 Å². The summed E-state index contributed by atoms with van der Waals surface area (Å²) in [6.45, 7) is 4.23. The predicted octanol–water partition coefficient (Wildman–Crippen LogP) is -0.132. The van der Waals surface area contributed by atoms with Gasteiger partial charge in [0.15, 0.2) is 0 Å². The fraction of sp³-hybridized carbons (Fsp3) is 0.800. The van der Waals surface area contributed by atoms with Gasteiger partial charge in [0, 0.05) is 13.6 Å². The van der Waals surface area contributed by atoms with E-state index >= 15 is 0 Å². The summed E-state index contributed by atoms with van der Waals surface area (Å²) in [6.07, 6.45) is 3.67. The lowest BCUT2D eigenvalue weighted by Crippen LogP contribution is -2.37. The zero-order valence-electron chi connectivity index (χ0n) is 11.1. The highest BCUT2D eigenvalue weighted by atomic mass is 15.6. The highest BCUT2D eigenvalue weighted by Gasteiger charge is 2.28. The van der Waals surface area contributed by atoms with Crippen molar-refractivity contribution in [2.75, 3.05) is 13.1 Å². The van der Waals surface area contributed by atoms with Crippen LogP contribution in [0.2, 0.25) is 0 Å². The molecular weight excluding hydrogens is 246 g/mol. The standard InChI is InChI=1S/C10H17N9/c1-3-18-7-5-4-6-8(18)19-10(12-14-16-19)9-11-13-15-17(9)2/h8H,3-7H2,1-2H3. The third-order valence-corrected chi connectivity index (χ3v) is 3.58. The molecule has 1 saturated heterocycles. The van der Waals surface area contributed by atoms with Gasteiger partial charge < -0.3 is 0 Å². The minimum atomic E-state index is 0.195. The van der Waals surface area contributed by atoms with Crippen molar-refractivity contribution >= 4 is 0 Å². The van der Waals surface area contributed by atoms with Gasteiger partial charge in [-0.25, -0.2) is 9.36 Å². The van der Waals surface area contributed by atoms with Gasteiger partial charge in [-0.2, -0.15) is 0 Å². The molecule has 1 aliphatic heterocycles. The van der Waals surface area contributed by atoms with Gasteiger partial charge in [-0.1, -0.05) is 6.92 Å². The number of hydrogen-bond acceptors (Lipinski definition) is 7. The van der Waals surface area contributed by atoms with Gasteiger partial charge in [0.2, 0.25) is 11.6 Å². The summed E-state index contributed by atoms with van der Waals surface area (Å²) in [5.41, 5.74) is 0. The van der Waals surface area contributed by atoms with E-state index in [1.54, 1.807) is 11.7 Å². The lowest BCUT2D eigenvalue weighted by molar-refractivity contribution is 0.0910. The quantitative estimate of drug-likeness (QED) is 0.761. The summed E-state index contributed by atoms with van der Waals surface area (Å²) in [4.78, 5) is 2.38. The molecule has 9 nitrogen and oxygen atoms in total. The van der Waals surface area contributed by atoms with Gasteiger partial charge in [-0.05, 0) is 46.7 Å². The minimum absolute atomic E-state index is 0.195. The van der Waals surface area contributed by atoms with Crippen LogP contribution in [0, 0.1) is 0 Å². The minimum Gasteiger partial charge on any atom is -0.282 e. The normalized spacial score (nSPS) is 20.8. The molecule has 1 aliphatic rings. The van der Waals surface area contributed by atoms with Crippen LogP contribution in [0.1, 0.15) is 32.4 Å². The van der Waals surface area contributed by atoms with E-state index in [4.69, 9.17) is 0 Å². The molecular formula is C10H17N9. The van der Waals surface area contributed by atoms with E-state index in [2.05, 4.69) is 42.9 Å². The first kappa shape index (κ1) is 12.2. The van der Waals surface area contributed by atoms with Crippen molar-refractivity contribution in [3.05, 3.63) is 0 Å². The van der Waals surface area contributed by atoms with Crippen molar-refractivity contribution in [1.82, 2.24) is 45.3 Å². The zero-order valence-corrected chi connectivity index (χ0v) is 11.1. The fourth-order valence-electron chi connectivity index (χ4n) is 2.58. The number of tetrazole rings is 2. The van der Waals surface area contributed by atoms with Crippen LogP contribution < -0.4 is 0 Å². The van der Waals surface area contributed by atoms with Gasteiger partial charge in [0.25, 0.3) is 0 Å². The summed E-state index contributed by atoms with van der Waals surface area (Å²) >= 11 is 0. The largest absolute Gasteiger partial charge is 0.282 e. The van der Waals surface area contributed by atoms with Crippen LogP contribution in [0.4, 0.5) is 0 Å². The molecule has 0 radical (unpaired) electrons. The zero-order chi connectivity index (χ0) is 13.2. The summed E-state index contributed by atoms with van der Waals surface area (Å²) in [6, 6.07) is 0. The molecule has 0 aromatic carbocycles. The van der Waals surface area contributed by atoms with Gasteiger partial charge in [0.05, 0.1) is 0 Å². The number of likely N-dealkylation sites (tertiary alicyclic amines) is 1. The van der Waals surface area contributed by atoms with Gasteiger partial charge >= 0.3 is 0 Å². The Bertz CT molecular complexity index is 545. The van der Waals surface area contributed by atoms with Crippen LogP contribution in [0.25, 0.3) is 11.6 Å². The van der Waals surface area contributed by atoms with E-state index in [-0.39, 0.29) is 6.17 Å². The van der Waals surface area contributed by atoms with Crippen LogP contribution in [-0.2, 0) is 7.05 Å². The van der Waals surface area contributed by atoms with Gasteiger partial charge in [-0.15, -0.1) is 10.2 Å². The highest BCUT2D eigenvalue weighted by molar-refractivity contribution is 5.40. The highest BCUT2D eigenvalue weighted by Crippen LogP contribution is 2.27.